The summed E-state index contributed by atoms with van der Waals surface area (Å²) >= 11 is 0. The Labute approximate surface area is 97.7 Å². The summed E-state index contributed by atoms with van der Waals surface area (Å²) < 4.78 is 6.34. The second-order valence-electron chi connectivity index (χ2n) is 4.49. The number of rotatable bonds is 5. The molecule has 1 aromatic rings. The Morgan fingerprint density at radius 2 is 2.19 bits per heavy atom. The van der Waals surface area contributed by atoms with E-state index in [4.69, 9.17) is 11.2 Å². The van der Waals surface area contributed by atoms with Gasteiger partial charge in [0.25, 0.3) is 5.82 Å². The Balaban J connectivity index is 2.69. The number of hydrogen-bond acceptors (Lipinski definition) is 2. The van der Waals surface area contributed by atoms with Gasteiger partial charge in [-0.05, 0) is 18.6 Å². The van der Waals surface area contributed by atoms with E-state index in [-0.39, 0.29) is 0 Å². The summed E-state index contributed by atoms with van der Waals surface area (Å²) in [5.41, 5.74) is 0. The first-order valence-corrected chi connectivity index (χ1v) is 5.39. The number of pyridine rings is 1. The SMILES string of the molecule is C#CCCCOc1cccnc1[N+](C)(C)C. The summed E-state index contributed by atoms with van der Waals surface area (Å²) in [6, 6.07) is 3.83. The first-order valence-electron chi connectivity index (χ1n) is 5.39. The molecule has 0 saturated heterocycles. The third-order valence-electron chi connectivity index (χ3n) is 2.11. The zero-order valence-corrected chi connectivity index (χ0v) is 10.2. The fourth-order valence-corrected chi connectivity index (χ4v) is 1.36. The number of quaternary nitrogens is 1. The van der Waals surface area contributed by atoms with Crippen molar-refractivity contribution in [3.63, 3.8) is 0 Å². The van der Waals surface area contributed by atoms with E-state index in [0.29, 0.717) is 11.1 Å². The number of nitrogens with zero attached hydrogens (tertiary/aromatic N) is 2. The van der Waals surface area contributed by atoms with E-state index in [1.54, 1.807) is 6.20 Å². The molecule has 16 heavy (non-hydrogen) atoms. The average Bonchev–Trinajstić information content (AvgIpc) is 2.24. The van der Waals surface area contributed by atoms with E-state index in [0.717, 1.165) is 24.4 Å². The summed E-state index contributed by atoms with van der Waals surface area (Å²) in [7, 11) is 6.20. The van der Waals surface area contributed by atoms with Crippen LogP contribution >= 0.6 is 0 Å². The molecule has 0 saturated carbocycles. The lowest BCUT2D eigenvalue weighted by Crippen LogP contribution is -2.36. The Morgan fingerprint density at radius 1 is 1.44 bits per heavy atom. The second kappa shape index (κ2) is 5.53. The van der Waals surface area contributed by atoms with Gasteiger partial charge in [0.1, 0.15) is 0 Å². The van der Waals surface area contributed by atoms with Gasteiger partial charge in [-0.2, -0.15) is 0 Å². The highest BCUT2D eigenvalue weighted by Crippen LogP contribution is 2.26. The van der Waals surface area contributed by atoms with Crippen molar-refractivity contribution in [3.8, 4) is 18.1 Å². The molecule has 1 heterocycles. The number of terminal acetylenes is 1. The molecule has 3 heteroatoms. The van der Waals surface area contributed by atoms with Gasteiger partial charge in [0.2, 0.25) is 5.75 Å². The Kier molecular flexibility index (Phi) is 4.33. The van der Waals surface area contributed by atoms with Gasteiger partial charge in [-0.1, -0.05) is 0 Å². The first kappa shape index (κ1) is 12.5. The molecule has 0 spiro atoms. The zero-order chi connectivity index (χ0) is 12.0. The summed E-state index contributed by atoms with van der Waals surface area (Å²) in [5.74, 6) is 4.37. The van der Waals surface area contributed by atoms with E-state index < -0.39 is 0 Å². The lowest BCUT2D eigenvalue weighted by Gasteiger charge is -2.23. The van der Waals surface area contributed by atoms with Crippen LogP contribution in [0.4, 0.5) is 5.82 Å². The minimum Gasteiger partial charge on any atom is -0.486 e. The Morgan fingerprint density at radius 3 is 2.81 bits per heavy atom. The zero-order valence-electron chi connectivity index (χ0n) is 10.2. The summed E-state index contributed by atoms with van der Waals surface area (Å²) in [6.07, 6.45) is 8.60. The molecule has 0 amide bonds. The Hall–Kier alpha value is -1.53. The van der Waals surface area contributed by atoms with Gasteiger partial charge in [0.05, 0.1) is 27.7 Å². The van der Waals surface area contributed by atoms with Gasteiger partial charge in [0.15, 0.2) is 0 Å². The van der Waals surface area contributed by atoms with Crippen LogP contribution in [0, 0.1) is 12.3 Å². The lowest BCUT2D eigenvalue weighted by molar-refractivity contribution is 0.302. The van der Waals surface area contributed by atoms with Crippen molar-refractivity contribution in [2.45, 2.75) is 12.8 Å². The molecule has 0 radical (unpaired) electrons. The predicted molar refractivity (Wildman–Crippen MR) is 67.4 cm³/mol. The van der Waals surface area contributed by atoms with Crippen LogP contribution in [0.15, 0.2) is 18.3 Å². The number of ether oxygens (including phenoxy) is 1. The fourth-order valence-electron chi connectivity index (χ4n) is 1.36. The van der Waals surface area contributed by atoms with Gasteiger partial charge in [-0.3, -0.25) is 4.48 Å². The molecule has 0 bridgehead atoms. The average molecular weight is 219 g/mol. The van der Waals surface area contributed by atoms with E-state index in [1.807, 2.05) is 12.1 Å². The van der Waals surface area contributed by atoms with Crippen LogP contribution in [0.25, 0.3) is 0 Å². The highest BCUT2D eigenvalue weighted by Gasteiger charge is 2.19. The maximum Gasteiger partial charge on any atom is 0.269 e. The van der Waals surface area contributed by atoms with E-state index >= 15 is 0 Å². The summed E-state index contributed by atoms with van der Waals surface area (Å²) in [4.78, 5) is 4.36. The van der Waals surface area contributed by atoms with Gasteiger partial charge < -0.3 is 4.74 Å². The van der Waals surface area contributed by atoms with Crippen molar-refractivity contribution >= 4 is 5.82 Å². The van der Waals surface area contributed by atoms with Crippen LogP contribution in [0.3, 0.4) is 0 Å². The summed E-state index contributed by atoms with van der Waals surface area (Å²) in [6.45, 7) is 0.642. The monoisotopic (exact) mass is 219 g/mol. The van der Waals surface area contributed by atoms with Crippen molar-refractivity contribution in [3.05, 3.63) is 18.3 Å². The first-order chi connectivity index (χ1) is 7.55. The molecule has 1 rings (SSSR count). The summed E-state index contributed by atoms with van der Waals surface area (Å²) in [5, 5.41) is 0. The predicted octanol–water partition coefficient (Wildman–Crippen LogP) is 2.07. The highest BCUT2D eigenvalue weighted by molar-refractivity contribution is 5.47. The van der Waals surface area contributed by atoms with Crippen molar-refractivity contribution in [2.75, 3.05) is 27.7 Å². The molecule has 0 aliphatic rings. The third kappa shape index (κ3) is 3.56. The van der Waals surface area contributed by atoms with Crippen LogP contribution < -0.4 is 9.22 Å². The van der Waals surface area contributed by atoms with Gasteiger partial charge >= 0.3 is 0 Å². The van der Waals surface area contributed by atoms with Crippen LogP contribution in [0.1, 0.15) is 12.8 Å². The van der Waals surface area contributed by atoms with E-state index in [9.17, 15) is 0 Å². The van der Waals surface area contributed by atoms with Crippen LogP contribution in [-0.4, -0.2) is 32.7 Å². The van der Waals surface area contributed by atoms with Crippen molar-refractivity contribution in [2.24, 2.45) is 0 Å². The third-order valence-corrected chi connectivity index (χ3v) is 2.11. The standard InChI is InChI=1S/C13H19N2O/c1-5-6-7-11-16-12-9-8-10-14-13(12)15(2,3)4/h1,8-10H,6-7,11H2,2-4H3/q+1. The number of hydrogen-bond donors (Lipinski definition) is 0. The van der Waals surface area contributed by atoms with Crippen LogP contribution in [0.2, 0.25) is 0 Å². The maximum atomic E-state index is 5.69. The van der Waals surface area contributed by atoms with Crippen molar-refractivity contribution in [1.82, 2.24) is 9.47 Å². The minimum atomic E-state index is 0.642. The minimum absolute atomic E-state index is 0.642. The van der Waals surface area contributed by atoms with Crippen molar-refractivity contribution in [1.29, 1.82) is 0 Å². The quantitative estimate of drug-likeness (QED) is 0.430. The van der Waals surface area contributed by atoms with E-state index in [1.165, 1.54) is 0 Å². The van der Waals surface area contributed by atoms with Gasteiger partial charge in [-0.25, -0.2) is 4.98 Å². The largest absolute Gasteiger partial charge is 0.486 e. The molecule has 0 aliphatic heterocycles. The maximum absolute atomic E-state index is 5.69. The molecule has 0 unspecified atom stereocenters. The topological polar surface area (TPSA) is 22.1 Å². The molecule has 1 aromatic heterocycles. The molecule has 3 nitrogen and oxygen atoms in total. The molecule has 0 aromatic carbocycles. The number of unbranched alkanes of at least 4 members (excludes halogenated alkanes) is 1. The van der Waals surface area contributed by atoms with Gasteiger partial charge in [0, 0.05) is 12.6 Å². The molecule has 0 aliphatic carbocycles. The lowest BCUT2D eigenvalue weighted by atomic mass is 10.3. The molecule has 86 valence electrons. The fraction of sp³-hybridized carbons (Fsp3) is 0.462. The smallest absolute Gasteiger partial charge is 0.269 e. The van der Waals surface area contributed by atoms with Crippen molar-refractivity contribution < 1.29 is 4.74 Å². The van der Waals surface area contributed by atoms with Gasteiger partial charge in [-0.15, -0.1) is 12.3 Å². The molecular weight excluding hydrogens is 200 g/mol. The molecular formula is C13H19N2O+. The Bertz CT molecular complexity index is 374. The highest BCUT2D eigenvalue weighted by atomic mass is 16.5. The molecule has 0 N–H and O–H groups in total. The number of aromatic nitrogens is 1. The van der Waals surface area contributed by atoms with E-state index in [2.05, 4.69) is 32.0 Å². The molecule has 0 atom stereocenters. The van der Waals surface area contributed by atoms with Crippen LogP contribution in [0.5, 0.6) is 5.75 Å². The molecule has 0 fully saturated rings. The second-order valence-corrected chi connectivity index (χ2v) is 4.49. The normalized spacial score (nSPS) is 10.9. The van der Waals surface area contributed by atoms with Crippen LogP contribution in [-0.2, 0) is 0 Å².